The van der Waals surface area contributed by atoms with Crippen molar-refractivity contribution in [2.75, 3.05) is 18.1 Å². The Morgan fingerprint density at radius 3 is 2.57 bits per heavy atom. The van der Waals surface area contributed by atoms with Gasteiger partial charge < -0.3 is 10.6 Å². The van der Waals surface area contributed by atoms with Crippen molar-refractivity contribution in [3.05, 3.63) is 64.9 Å². The highest BCUT2D eigenvalue weighted by molar-refractivity contribution is 7.99. The minimum absolute atomic E-state index is 0.00994. The summed E-state index contributed by atoms with van der Waals surface area (Å²) in [5.41, 5.74) is 0.186. The molecule has 0 aliphatic carbocycles. The fraction of sp³-hybridized carbons (Fsp3) is 0.167. The van der Waals surface area contributed by atoms with E-state index in [1.54, 1.807) is 36.4 Å². The number of hydrogen-bond acceptors (Lipinski definition) is 8. The number of sulfonamides is 1. The zero-order chi connectivity index (χ0) is 21.3. The van der Waals surface area contributed by atoms with Crippen molar-refractivity contribution in [2.24, 2.45) is 0 Å². The summed E-state index contributed by atoms with van der Waals surface area (Å²) in [6.07, 6.45) is 0. The lowest BCUT2D eigenvalue weighted by molar-refractivity contribution is 0.0876. The van der Waals surface area contributed by atoms with Crippen molar-refractivity contribution in [1.82, 2.24) is 19.2 Å². The molecule has 0 spiro atoms. The van der Waals surface area contributed by atoms with E-state index in [-0.39, 0.29) is 29.4 Å². The molecule has 156 valence electrons. The Morgan fingerprint density at radius 1 is 1.10 bits per heavy atom. The van der Waals surface area contributed by atoms with Crippen LogP contribution in [0.1, 0.15) is 16.2 Å². The van der Waals surface area contributed by atoms with Gasteiger partial charge in [-0.2, -0.15) is 0 Å². The molecule has 3 aromatic rings. The van der Waals surface area contributed by atoms with Gasteiger partial charge in [-0.25, -0.2) is 17.4 Å². The summed E-state index contributed by atoms with van der Waals surface area (Å²) < 4.78 is 32.9. The maximum absolute atomic E-state index is 12.6. The Balaban J connectivity index is 1.36. The highest BCUT2D eigenvalue weighted by atomic mass is 35.5. The number of carbonyl (C=O) groups excluding carboxylic acids is 1. The molecular weight excluding hydrogens is 450 g/mol. The molecule has 0 bridgehead atoms. The monoisotopic (exact) mass is 465 g/mol. The van der Waals surface area contributed by atoms with E-state index in [1.165, 1.54) is 28.6 Å². The molecule has 30 heavy (non-hydrogen) atoms. The molecule has 0 unspecified atom stereocenters. The van der Waals surface area contributed by atoms with Crippen LogP contribution in [0.2, 0.25) is 5.02 Å². The second-order valence-electron chi connectivity index (χ2n) is 6.24. The van der Waals surface area contributed by atoms with Crippen molar-refractivity contribution >= 4 is 39.3 Å². The zero-order valence-corrected chi connectivity index (χ0v) is 17.8. The van der Waals surface area contributed by atoms with E-state index in [0.29, 0.717) is 21.8 Å². The number of ether oxygens (including phenoxy) is 1. The van der Waals surface area contributed by atoms with Crippen molar-refractivity contribution in [3.63, 3.8) is 0 Å². The molecule has 1 amide bonds. The number of thioether (sulfide) groups is 1. The summed E-state index contributed by atoms with van der Waals surface area (Å²) in [5.74, 6) is 6.75. The molecule has 0 saturated carbocycles. The van der Waals surface area contributed by atoms with Crippen LogP contribution in [0.5, 0.6) is 5.75 Å². The van der Waals surface area contributed by atoms with Crippen LogP contribution >= 0.6 is 23.4 Å². The molecule has 0 saturated heterocycles. The number of benzene rings is 2. The largest absolute Gasteiger partial charge is 0.486 e. The minimum atomic E-state index is -3.83. The fourth-order valence-electron chi connectivity index (χ4n) is 2.85. The van der Waals surface area contributed by atoms with Crippen molar-refractivity contribution < 1.29 is 17.9 Å². The van der Waals surface area contributed by atoms with Gasteiger partial charge in [-0.15, -0.1) is 10.2 Å². The molecule has 12 heteroatoms. The molecule has 0 atom stereocenters. The van der Waals surface area contributed by atoms with Gasteiger partial charge in [0.15, 0.2) is 5.82 Å². The van der Waals surface area contributed by atoms with Crippen molar-refractivity contribution in [3.8, 4) is 5.75 Å². The van der Waals surface area contributed by atoms with E-state index in [9.17, 15) is 13.2 Å². The van der Waals surface area contributed by atoms with Crippen molar-refractivity contribution in [1.29, 1.82) is 0 Å². The zero-order valence-electron chi connectivity index (χ0n) is 15.4. The SMILES string of the molecule is Nn1c(COc2ccc(Cl)cc2)nnc1SCCN1C(=O)c2ccccc2S1(=O)=O. The normalized spacial score (nSPS) is 14.7. The number of nitrogens with zero attached hydrogens (tertiary/aromatic N) is 4. The van der Waals surface area contributed by atoms with Crippen molar-refractivity contribution in [2.45, 2.75) is 16.7 Å². The molecule has 2 aromatic carbocycles. The summed E-state index contributed by atoms with van der Waals surface area (Å²) in [6, 6.07) is 13.0. The molecule has 2 heterocycles. The number of fused-ring (bicyclic) bond motifs is 1. The van der Waals surface area contributed by atoms with Crippen LogP contribution in [0.25, 0.3) is 0 Å². The van der Waals surface area contributed by atoms with E-state index in [1.807, 2.05) is 0 Å². The molecule has 2 N–H and O–H groups in total. The molecule has 1 aromatic heterocycles. The molecule has 0 radical (unpaired) electrons. The third-order valence-electron chi connectivity index (χ3n) is 4.35. The highest BCUT2D eigenvalue weighted by Crippen LogP contribution is 2.30. The van der Waals surface area contributed by atoms with Gasteiger partial charge in [-0.05, 0) is 36.4 Å². The average molecular weight is 466 g/mol. The second kappa shape index (κ2) is 8.17. The molecule has 0 fully saturated rings. The quantitative estimate of drug-likeness (QED) is 0.416. The summed E-state index contributed by atoms with van der Waals surface area (Å²) in [5, 5.41) is 8.97. The summed E-state index contributed by atoms with van der Waals surface area (Å²) >= 11 is 7.03. The fourth-order valence-corrected chi connectivity index (χ4v) is 5.47. The maximum atomic E-state index is 12.6. The van der Waals surface area contributed by atoms with Crippen LogP contribution in [0.15, 0.2) is 58.6 Å². The lowest BCUT2D eigenvalue weighted by Crippen LogP contribution is -2.32. The Kier molecular flexibility index (Phi) is 5.58. The standard InChI is InChI=1S/C18H16ClN5O4S2/c19-12-5-7-13(8-6-12)28-11-16-21-22-18(24(16)20)29-10-9-23-17(25)14-3-1-2-4-15(14)30(23,26)27/h1-8H,9-11,20H2. The number of nitrogens with two attached hydrogens (primary N) is 1. The molecular formula is C18H16ClN5O4S2. The number of aromatic nitrogens is 3. The lowest BCUT2D eigenvalue weighted by Gasteiger charge is -2.14. The number of nitrogen functional groups attached to an aromatic ring is 1. The molecule has 4 rings (SSSR count). The topological polar surface area (TPSA) is 120 Å². The smallest absolute Gasteiger partial charge is 0.269 e. The van der Waals surface area contributed by atoms with Gasteiger partial charge in [0, 0.05) is 17.3 Å². The third-order valence-corrected chi connectivity index (χ3v) is 7.37. The van der Waals surface area contributed by atoms with Crippen LogP contribution < -0.4 is 10.6 Å². The first-order valence-corrected chi connectivity index (χ1v) is 11.5. The number of carbonyl (C=O) groups is 1. The van der Waals surface area contributed by atoms with Gasteiger partial charge in [0.25, 0.3) is 15.9 Å². The first-order valence-electron chi connectivity index (χ1n) is 8.74. The Labute approximate surface area is 181 Å². The van der Waals surface area contributed by atoms with Gasteiger partial charge in [0.05, 0.1) is 5.56 Å². The number of hydrogen-bond donors (Lipinski definition) is 1. The van der Waals surface area contributed by atoms with Gasteiger partial charge in [-0.3, -0.25) is 4.79 Å². The highest BCUT2D eigenvalue weighted by Gasteiger charge is 2.40. The summed E-state index contributed by atoms with van der Waals surface area (Å²) in [7, 11) is -3.83. The van der Waals surface area contributed by atoms with Crippen LogP contribution in [0.3, 0.4) is 0 Å². The van der Waals surface area contributed by atoms with E-state index in [2.05, 4.69) is 10.2 Å². The molecule has 1 aliphatic rings. The minimum Gasteiger partial charge on any atom is -0.486 e. The Bertz CT molecular complexity index is 1200. The van der Waals surface area contributed by atoms with Crippen LogP contribution in [0, 0.1) is 0 Å². The molecule has 1 aliphatic heterocycles. The van der Waals surface area contributed by atoms with E-state index >= 15 is 0 Å². The first kappa shape index (κ1) is 20.5. The van der Waals surface area contributed by atoms with Crippen LogP contribution in [0.4, 0.5) is 0 Å². The van der Waals surface area contributed by atoms with Gasteiger partial charge in [-0.1, -0.05) is 35.5 Å². The Morgan fingerprint density at radius 2 is 1.83 bits per heavy atom. The average Bonchev–Trinajstić information content (AvgIpc) is 3.18. The van der Waals surface area contributed by atoms with E-state index < -0.39 is 15.9 Å². The van der Waals surface area contributed by atoms with E-state index in [0.717, 1.165) is 4.31 Å². The van der Waals surface area contributed by atoms with Crippen LogP contribution in [-0.2, 0) is 16.6 Å². The van der Waals surface area contributed by atoms with Gasteiger partial charge in [0.2, 0.25) is 5.16 Å². The third kappa shape index (κ3) is 3.83. The number of halogens is 1. The van der Waals surface area contributed by atoms with Crippen LogP contribution in [-0.4, -0.2) is 45.8 Å². The predicted octanol–water partition coefficient (Wildman–Crippen LogP) is 2.16. The predicted molar refractivity (Wildman–Crippen MR) is 111 cm³/mol. The lowest BCUT2D eigenvalue weighted by atomic mass is 10.2. The summed E-state index contributed by atoms with van der Waals surface area (Å²) in [6.45, 7) is 0.0873. The summed E-state index contributed by atoms with van der Waals surface area (Å²) in [4.78, 5) is 12.5. The molecule has 9 nitrogen and oxygen atoms in total. The number of amides is 1. The van der Waals surface area contributed by atoms with E-state index in [4.69, 9.17) is 22.2 Å². The first-order chi connectivity index (χ1) is 14.4. The maximum Gasteiger partial charge on any atom is 0.269 e. The number of rotatable bonds is 7. The van der Waals surface area contributed by atoms with Gasteiger partial charge in [0.1, 0.15) is 17.3 Å². The Hall–Kier alpha value is -2.76. The van der Waals surface area contributed by atoms with Gasteiger partial charge >= 0.3 is 0 Å². The second-order valence-corrected chi connectivity index (χ2v) is 9.57.